The third-order valence-electron chi connectivity index (χ3n) is 3.65. The molecular weight excluding hydrogens is 324 g/mol. The summed E-state index contributed by atoms with van der Waals surface area (Å²) in [6.07, 6.45) is 1.41. The first kappa shape index (κ1) is 14.8. The number of halogens is 1. The number of benzene rings is 1. The Morgan fingerprint density at radius 1 is 1.55 bits per heavy atom. The summed E-state index contributed by atoms with van der Waals surface area (Å²) in [5.41, 5.74) is 1.22. The molecule has 1 heterocycles. The zero-order chi connectivity index (χ0) is 14.7. The Balaban J connectivity index is 2.15. The topological polar surface area (TPSA) is 73.1 Å². The number of amides is 1. The molecule has 1 saturated heterocycles. The highest BCUT2D eigenvalue weighted by Crippen LogP contribution is 2.26. The van der Waals surface area contributed by atoms with Crippen molar-refractivity contribution in [1.82, 2.24) is 4.90 Å². The van der Waals surface area contributed by atoms with E-state index in [-0.39, 0.29) is 17.6 Å². The number of aromatic hydroxyl groups is 1. The molecule has 0 bridgehead atoms. The van der Waals surface area contributed by atoms with E-state index in [0.29, 0.717) is 29.5 Å². The maximum atomic E-state index is 12.4. The van der Waals surface area contributed by atoms with Gasteiger partial charge < -0.3 is 15.2 Å². The minimum absolute atomic E-state index is 0.0533. The van der Waals surface area contributed by atoms with Crippen molar-refractivity contribution in [3.63, 3.8) is 0 Å². The number of oxime groups is 1. The van der Waals surface area contributed by atoms with E-state index in [1.165, 1.54) is 6.07 Å². The summed E-state index contributed by atoms with van der Waals surface area (Å²) in [5, 5.41) is 21.9. The van der Waals surface area contributed by atoms with Gasteiger partial charge in [0, 0.05) is 31.0 Å². The van der Waals surface area contributed by atoms with Crippen molar-refractivity contribution in [1.29, 1.82) is 0 Å². The molecule has 0 aromatic heterocycles. The van der Waals surface area contributed by atoms with Crippen LogP contribution in [0.4, 0.5) is 0 Å². The summed E-state index contributed by atoms with van der Waals surface area (Å²) in [6.45, 7) is 3.09. The number of piperidine rings is 1. The summed E-state index contributed by atoms with van der Waals surface area (Å²) in [5.74, 6) is 0.0440. The average Bonchev–Trinajstić information content (AvgIpc) is 2.48. The van der Waals surface area contributed by atoms with Crippen molar-refractivity contribution in [3.8, 4) is 5.75 Å². The molecule has 1 fully saturated rings. The van der Waals surface area contributed by atoms with Gasteiger partial charge in [0.15, 0.2) is 0 Å². The van der Waals surface area contributed by atoms with Gasteiger partial charge in [0.05, 0.1) is 10.2 Å². The maximum absolute atomic E-state index is 12.4. The van der Waals surface area contributed by atoms with Crippen LogP contribution in [0.2, 0.25) is 0 Å². The molecule has 2 N–H and O–H groups in total. The number of hydrogen-bond acceptors (Lipinski definition) is 4. The van der Waals surface area contributed by atoms with Crippen LogP contribution in [0.1, 0.15) is 30.1 Å². The molecule has 1 aromatic carbocycles. The zero-order valence-electron chi connectivity index (χ0n) is 11.2. The van der Waals surface area contributed by atoms with Gasteiger partial charge in [-0.25, -0.2) is 0 Å². The predicted octanol–water partition coefficient (Wildman–Crippen LogP) is 2.86. The van der Waals surface area contributed by atoms with Crippen molar-refractivity contribution in [2.24, 2.45) is 11.1 Å². The molecule has 108 valence electrons. The molecule has 20 heavy (non-hydrogen) atoms. The lowest BCUT2D eigenvalue weighted by Crippen LogP contribution is -2.44. The van der Waals surface area contributed by atoms with E-state index in [4.69, 9.17) is 5.21 Å². The van der Waals surface area contributed by atoms with Crippen LogP contribution in [0.25, 0.3) is 0 Å². The summed E-state index contributed by atoms with van der Waals surface area (Å²) in [4.78, 5) is 14.2. The van der Waals surface area contributed by atoms with E-state index in [1.54, 1.807) is 17.0 Å². The number of hydrogen-bond donors (Lipinski definition) is 2. The van der Waals surface area contributed by atoms with Gasteiger partial charge in [-0.3, -0.25) is 4.79 Å². The number of rotatable bonds is 2. The number of phenols is 1. The SMILES string of the molecule is CCC1CN(C(=O)c2ccc(Br)c(O)c2)CC/C1=N\O. The van der Waals surface area contributed by atoms with Gasteiger partial charge in [0.1, 0.15) is 5.75 Å². The molecule has 1 amide bonds. The molecule has 1 aromatic rings. The van der Waals surface area contributed by atoms with Gasteiger partial charge >= 0.3 is 0 Å². The Kier molecular flexibility index (Phi) is 4.65. The molecule has 0 radical (unpaired) electrons. The first-order valence-corrected chi connectivity index (χ1v) is 7.34. The first-order valence-electron chi connectivity index (χ1n) is 6.55. The van der Waals surface area contributed by atoms with E-state index in [0.717, 1.165) is 12.1 Å². The second-order valence-electron chi connectivity index (χ2n) is 4.86. The standard InChI is InChI=1S/C14H17BrN2O3/c1-2-9-8-17(6-5-12(9)16-20)14(19)10-3-4-11(15)13(18)7-10/h3-4,7,9,18,20H,2,5-6,8H2,1H3/b16-12+. The predicted molar refractivity (Wildman–Crippen MR) is 79.3 cm³/mol. The molecule has 1 aliphatic heterocycles. The molecule has 1 unspecified atom stereocenters. The molecule has 0 spiro atoms. The number of phenolic OH excluding ortho intramolecular Hbond substituents is 1. The highest BCUT2D eigenvalue weighted by Gasteiger charge is 2.28. The van der Waals surface area contributed by atoms with Crippen LogP contribution in [0, 0.1) is 5.92 Å². The summed E-state index contributed by atoms with van der Waals surface area (Å²) < 4.78 is 0.564. The van der Waals surface area contributed by atoms with Crippen LogP contribution in [0.5, 0.6) is 5.75 Å². The Morgan fingerprint density at radius 2 is 2.30 bits per heavy atom. The lowest BCUT2D eigenvalue weighted by Gasteiger charge is -2.32. The van der Waals surface area contributed by atoms with E-state index >= 15 is 0 Å². The van der Waals surface area contributed by atoms with Gasteiger partial charge in [-0.1, -0.05) is 12.1 Å². The number of carbonyl (C=O) groups excluding carboxylic acids is 1. The van der Waals surface area contributed by atoms with E-state index in [2.05, 4.69) is 21.1 Å². The summed E-state index contributed by atoms with van der Waals surface area (Å²) in [6, 6.07) is 4.80. The highest BCUT2D eigenvalue weighted by molar-refractivity contribution is 9.10. The lowest BCUT2D eigenvalue weighted by molar-refractivity contribution is 0.0728. The van der Waals surface area contributed by atoms with Crippen molar-refractivity contribution >= 4 is 27.5 Å². The second-order valence-corrected chi connectivity index (χ2v) is 5.72. The van der Waals surface area contributed by atoms with E-state index in [9.17, 15) is 9.90 Å². The first-order chi connectivity index (χ1) is 9.56. The minimum atomic E-state index is -0.108. The Bertz CT molecular complexity index is 545. The fraction of sp³-hybridized carbons (Fsp3) is 0.429. The molecule has 1 atom stereocenters. The monoisotopic (exact) mass is 340 g/mol. The van der Waals surface area contributed by atoms with Gasteiger partial charge in [0.2, 0.25) is 0 Å². The molecular formula is C14H17BrN2O3. The smallest absolute Gasteiger partial charge is 0.254 e. The Hall–Kier alpha value is -1.56. The van der Waals surface area contributed by atoms with Gasteiger partial charge in [-0.2, -0.15) is 0 Å². The van der Waals surface area contributed by atoms with Gasteiger partial charge in [0.25, 0.3) is 5.91 Å². The lowest BCUT2D eigenvalue weighted by atomic mass is 9.93. The van der Waals surface area contributed by atoms with Crippen LogP contribution in [-0.4, -0.2) is 39.9 Å². The summed E-state index contributed by atoms with van der Waals surface area (Å²) >= 11 is 3.19. The molecule has 2 rings (SSSR count). The number of likely N-dealkylation sites (tertiary alicyclic amines) is 1. The van der Waals surface area contributed by atoms with Crippen molar-refractivity contribution < 1.29 is 15.1 Å². The van der Waals surface area contributed by atoms with Crippen molar-refractivity contribution in [2.75, 3.05) is 13.1 Å². The Morgan fingerprint density at radius 3 is 2.90 bits per heavy atom. The molecule has 1 aliphatic rings. The number of carbonyl (C=O) groups is 1. The van der Waals surface area contributed by atoms with E-state index < -0.39 is 0 Å². The van der Waals surface area contributed by atoms with Crippen molar-refractivity contribution in [3.05, 3.63) is 28.2 Å². The normalized spacial score (nSPS) is 21.2. The third kappa shape index (κ3) is 2.95. The van der Waals surface area contributed by atoms with Crippen LogP contribution in [0.15, 0.2) is 27.8 Å². The van der Waals surface area contributed by atoms with Crippen LogP contribution in [0.3, 0.4) is 0 Å². The fourth-order valence-electron chi connectivity index (χ4n) is 2.43. The van der Waals surface area contributed by atoms with Crippen LogP contribution in [-0.2, 0) is 0 Å². The molecule has 6 heteroatoms. The fourth-order valence-corrected chi connectivity index (χ4v) is 2.67. The van der Waals surface area contributed by atoms with Crippen molar-refractivity contribution in [2.45, 2.75) is 19.8 Å². The van der Waals surface area contributed by atoms with E-state index in [1.807, 2.05) is 6.92 Å². The minimum Gasteiger partial charge on any atom is -0.507 e. The zero-order valence-corrected chi connectivity index (χ0v) is 12.8. The molecule has 0 aliphatic carbocycles. The largest absolute Gasteiger partial charge is 0.507 e. The van der Waals surface area contributed by atoms with Gasteiger partial charge in [-0.15, -0.1) is 0 Å². The van der Waals surface area contributed by atoms with Crippen LogP contribution >= 0.6 is 15.9 Å². The molecule has 5 nitrogen and oxygen atoms in total. The second kappa shape index (κ2) is 6.26. The third-order valence-corrected chi connectivity index (χ3v) is 4.32. The summed E-state index contributed by atoms with van der Waals surface area (Å²) in [7, 11) is 0. The quantitative estimate of drug-likeness (QED) is 0.642. The van der Waals surface area contributed by atoms with Gasteiger partial charge in [-0.05, 0) is 40.5 Å². The Labute approximate surface area is 126 Å². The number of nitrogens with zero attached hydrogens (tertiary/aromatic N) is 2. The molecule has 0 saturated carbocycles. The highest BCUT2D eigenvalue weighted by atomic mass is 79.9. The van der Waals surface area contributed by atoms with Crippen LogP contribution < -0.4 is 0 Å². The average molecular weight is 341 g/mol. The maximum Gasteiger partial charge on any atom is 0.254 e.